The number of carbonyl (C=O) groups excluding carboxylic acids is 1. The summed E-state index contributed by atoms with van der Waals surface area (Å²) in [5, 5.41) is 2.64. The molecule has 2 N–H and O–H groups in total. The van der Waals surface area contributed by atoms with Crippen molar-refractivity contribution in [3.8, 4) is 0 Å². The number of amides is 1. The average Bonchev–Trinajstić information content (AvgIpc) is 3.20. The van der Waals surface area contributed by atoms with Gasteiger partial charge in [-0.3, -0.25) is 14.5 Å². The van der Waals surface area contributed by atoms with Crippen molar-refractivity contribution >= 4 is 27.5 Å². The number of anilines is 1. The van der Waals surface area contributed by atoms with Crippen LogP contribution in [0.4, 0.5) is 18.9 Å². The Morgan fingerprint density at radius 1 is 1.16 bits per heavy atom. The molecule has 0 bridgehead atoms. The number of amidine groups is 1. The van der Waals surface area contributed by atoms with Crippen molar-refractivity contribution in [3.63, 3.8) is 0 Å². The highest BCUT2D eigenvalue weighted by Gasteiger charge is 2.30. The molecular weight excluding hydrogens is 431 g/mol. The number of aliphatic imine (C=N–C) groups is 1. The van der Waals surface area contributed by atoms with E-state index in [1.165, 1.54) is 30.3 Å². The molecule has 1 heterocycles. The van der Waals surface area contributed by atoms with Crippen molar-refractivity contribution in [1.82, 2.24) is 4.72 Å². The van der Waals surface area contributed by atoms with Gasteiger partial charge in [0.1, 0.15) is 5.84 Å². The average molecular weight is 453 g/mol. The number of halogens is 3. The SMILES string of the molecule is CC(CC(=O)Nc1cccc(S(=O)(=O)NC2=NCCC2)c1)c1ccc(C(F)(F)F)cc1. The zero-order valence-corrected chi connectivity index (χ0v) is 17.6. The molecule has 1 aliphatic heterocycles. The van der Waals surface area contributed by atoms with Gasteiger partial charge in [-0.25, -0.2) is 8.42 Å². The zero-order chi connectivity index (χ0) is 22.6. The van der Waals surface area contributed by atoms with Crippen LogP contribution in [-0.2, 0) is 21.0 Å². The van der Waals surface area contributed by atoms with Gasteiger partial charge in [0.15, 0.2) is 0 Å². The van der Waals surface area contributed by atoms with Crippen LogP contribution in [0.25, 0.3) is 0 Å². The van der Waals surface area contributed by atoms with Crippen LogP contribution in [0.5, 0.6) is 0 Å². The maximum atomic E-state index is 12.7. The van der Waals surface area contributed by atoms with Crippen LogP contribution >= 0.6 is 0 Å². The molecule has 6 nitrogen and oxygen atoms in total. The first-order valence-corrected chi connectivity index (χ1v) is 11.2. The molecule has 1 unspecified atom stereocenters. The third-order valence-corrected chi connectivity index (χ3v) is 6.23. The number of hydrogen-bond donors (Lipinski definition) is 2. The number of sulfonamides is 1. The molecule has 2 aromatic carbocycles. The quantitative estimate of drug-likeness (QED) is 0.683. The minimum atomic E-state index is -4.41. The topological polar surface area (TPSA) is 87.6 Å². The third kappa shape index (κ3) is 6.06. The predicted octanol–water partition coefficient (Wildman–Crippen LogP) is 4.31. The second-order valence-electron chi connectivity index (χ2n) is 7.34. The van der Waals surface area contributed by atoms with E-state index in [-0.39, 0.29) is 23.1 Å². The molecule has 0 saturated heterocycles. The highest BCUT2D eigenvalue weighted by atomic mass is 32.2. The van der Waals surface area contributed by atoms with Gasteiger partial charge < -0.3 is 5.32 Å². The maximum Gasteiger partial charge on any atom is 0.416 e. The number of hydrogen-bond acceptors (Lipinski definition) is 4. The fourth-order valence-corrected chi connectivity index (χ4v) is 4.32. The molecule has 10 heteroatoms. The van der Waals surface area contributed by atoms with E-state index in [0.717, 1.165) is 18.6 Å². The summed E-state index contributed by atoms with van der Waals surface area (Å²) in [4.78, 5) is 16.5. The monoisotopic (exact) mass is 453 g/mol. The Morgan fingerprint density at radius 2 is 1.87 bits per heavy atom. The van der Waals surface area contributed by atoms with Gasteiger partial charge in [-0.15, -0.1) is 0 Å². The third-order valence-electron chi connectivity index (χ3n) is 4.85. The van der Waals surface area contributed by atoms with Crippen LogP contribution in [0.3, 0.4) is 0 Å². The molecule has 0 fully saturated rings. The highest BCUT2D eigenvalue weighted by molar-refractivity contribution is 7.90. The molecule has 0 spiro atoms. The lowest BCUT2D eigenvalue weighted by Gasteiger charge is -2.14. The number of nitrogens with one attached hydrogen (secondary N) is 2. The van der Waals surface area contributed by atoms with Crippen molar-refractivity contribution < 1.29 is 26.4 Å². The molecule has 0 saturated carbocycles. The first-order chi connectivity index (χ1) is 14.5. The standard InChI is InChI=1S/C21H22F3N3O3S/c1-14(15-7-9-16(10-8-15)21(22,23)24)12-20(28)26-17-4-2-5-18(13-17)31(29,30)27-19-6-3-11-25-19/h2,4-5,7-10,13-14H,3,6,11-12H2,1H3,(H,25,27)(H,26,28). The van der Waals surface area contributed by atoms with Crippen LogP contribution in [0.1, 0.15) is 43.2 Å². The number of carbonyl (C=O) groups is 1. The normalized spacial score (nSPS) is 15.3. The summed E-state index contributed by atoms with van der Waals surface area (Å²) in [5.74, 6) is -0.286. The van der Waals surface area contributed by atoms with Gasteiger partial charge in [0.05, 0.1) is 10.5 Å². The molecule has 0 radical (unpaired) electrons. The van der Waals surface area contributed by atoms with Crippen LogP contribution in [0, 0.1) is 0 Å². The second-order valence-corrected chi connectivity index (χ2v) is 9.02. The van der Waals surface area contributed by atoms with Crippen LogP contribution in [0.15, 0.2) is 58.4 Å². The first kappa shape index (κ1) is 22.8. The van der Waals surface area contributed by atoms with Gasteiger partial charge in [0, 0.05) is 25.1 Å². The summed E-state index contributed by atoms with van der Waals surface area (Å²) in [5.41, 5.74) is 0.157. The van der Waals surface area contributed by atoms with Gasteiger partial charge in [0.25, 0.3) is 10.0 Å². The summed E-state index contributed by atoms with van der Waals surface area (Å²) < 4.78 is 65.5. The van der Waals surface area contributed by atoms with Gasteiger partial charge in [0.2, 0.25) is 5.91 Å². The fraction of sp³-hybridized carbons (Fsp3) is 0.333. The summed E-state index contributed by atoms with van der Waals surface area (Å²) in [6, 6.07) is 10.5. The minimum absolute atomic E-state index is 0.00399. The van der Waals surface area contributed by atoms with E-state index >= 15 is 0 Å². The van der Waals surface area contributed by atoms with Crippen LogP contribution in [-0.4, -0.2) is 26.7 Å². The lowest BCUT2D eigenvalue weighted by atomic mass is 9.96. The van der Waals surface area contributed by atoms with Crippen molar-refractivity contribution in [2.24, 2.45) is 4.99 Å². The van der Waals surface area contributed by atoms with E-state index in [0.29, 0.717) is 30.1 Å². The summed E-state index contributed by atoms with van der Waals surface area (Å²) >= 11 is 0. The lowest BCUT2D eigenvalue weighted by Crippen LogP contribution is -2.29. The molecule has 2 aromatic rings. The van der Waals surface area contributed by atoms with E-state index < -0.39 is 21.8 Å². The number of rotatable bonds is 6. The van der Waals surface area contributed by atoms with Crippen LogP contribution < -0.4 is 10.0 Å². The maximum absolute atomic E-state index is 12.7. The minimum Gasteiger partial charge on any atom is -0.326 e. The largest absolute Gasteiger partial charge is 0.416 e. The number of alkyl halides is 3. The second kappa shape index (κ2) is 9.09. The molecule has 166 valence electrons. The Bertz CT molecular complexity index is 1080. The van der Waals surface area contributed by atoms with E-state index in [4.69, 9.17) is 0 Å². The zero-order valence-electron chi connectivity index (χ0n) is 16.7. The Hall–Kier alpha value is -2.88. The van der Waals surface area contributed by atoms with Crippen molar-refractivity contribution in [1.29, 1.82) is 0 Å². The number of benzene rings is 2. The molecule has 1 atom stereocenters. The lowest BCUT2D eigenvalue weighted by molar-refractivity contribution is -0.137. The Labute approximate surface area is 178 Å². The highest BCUT2D eigenvalue weighted by Crippen LogP contribution is 2.30. The number of nitrogens with zero attached hydrogens (tertiary/aromatic N) is 1. The molecule has 3 rings (SSSR count). The Morgan fingerprint density at radius 3 is 2.48 bits per heavy atom. The van der Waals surface area contributed by atoms with E-state index in [1.54, 1.807) is 13.0 Å². The van der Waals surface area contributed by atoms with E-state index in [9.17, 15) is 26.4 Å². The molecule has 0 aromatic heterocycles. The Balaban J connectivity index is 1.63. The van der Waals surface area contributed by atoms with Gasteiger partial charge in [-0.2, -0.15) is 13.2 Å². The van der Waals surface area contributed by atoms with Crippen LogP contribution in [0.2, 0.25) is 0 Å². The van der Waals surface area contributed by atoms with Crippen molar-refractivity contribution in [2.75, 3.05) is 11.9 Å². The molecule has 0 aliphatic carbocycles. The molecule has 1 aliphatic rings. The van der Waals surface area contributed by atoms with Crippen molar-refractivity contribution in [2.45, 2.75) is 43.2 Å². The summed E-state index contributed by atoms with van der Waals surface area (Å²) in [7, 11) is -3.81. The van der Waals surface area contributed by atoms with E-state index in [1.807, 2.05) is 0 Å². The van der Waals surface area contributed by atoms with Gasteiger partial charge >= 0.3 is 6.18 Å². The Kier molecular flexibility index (Phi) is 6.68. The smallest absolute Gasteiger partial charge is 0.326 e. The molecular formula is C21H22F3N3O3S. The van der Waals surface area contributed by atoms with Crippen molar-refractivity contribution in [3.05, 3.63) is 59.7 Å². The summed E-state index contributed by atoms with van der Waals surface area (Å²) in [6.07, 6.45) is -3.02. The van der Waals surface area contributed by atoms with E-state index in [2.05, 4.69) is 15.0 Å². The molecule has 1 amide bonds. The first-order valence-electron chi connectivity index (χ1n) is 9.68. The molecule has 31 heavy (non-hydrogen) atoms. The fourth-order valence-electron chi connectivity index (χ4n) is 3.19. The van der Waals surface area contributed by atoms with Gasteiger partial charge in [-0.1, -0.05) is 25.1 Å². The van der Waals surface area contributed by atoms with Gasteiger partial charge in [-0.05, 0) is 48.2 Å². The summed E-state index contributed by atoms with van der Waals surface area (Å²) in [6.45, 7) is 2.32. The predicted molar refractivity (Wildman–Crippen MR) is 111 cm³/mol.